The Bertz CT molecular complexity index is 657. The molecule has 0 spiro atoms. The fraction of sp³-hybridized carbons (Fsp3) is 0.438. The second-order valence-electron chi connectivity index (χ2n) is 6.34. The Morgan fingerprint density at radius 1 is 1.22 bits per heavy atom. The molecule has 18 heavy (non-hydrogen) atoms. The molecule has 94 valence electrons. The Kier molecular flexibility index (Phi) is 2.37. The van der Waals surface area contributed by atoms with Gasteiger partial charge in [-0.15, -0.1) is 0 Å². The van der Waals surface area contributed by atoms with E-state index in [9.17, 15) is 4.79 Å². The summed E-state index contributed by atoms with van der Waals surface area (Å²) in [7, 11) is 0. The maximum Gasteiger partial charge on any atom is 0.189 e. The average Bonchev–Trinajstić information content (AvgIpc) is 3.10. The van der Waals surface area contributed by atoms with Crippen LogP contribution in [-0.2, 0) is 5.41 Å². The number of aromatic amines is 1. The third-order valence-electron chi connectivity index (χ3n) is 3.71. The minimum Gasteiger partial charge on any atom is -0.358 e. The molecule has 0 atom stereocenters. The highest BCUT2D eigenvalue weighted by Gasteiger charge is 2.26. The Hall–Kier alpha value is -1.57. The monoisotopic (exact) mass is 241 g/mol. The Morgan fingerprint density at radius 2 is 1.94 bits per heavy atom. The van der Waals surface area contributed by atoms with E-state index < -0.39 is 0 Å². The minimum atomic E-state index is 0.0463. The quantitative estimate of drug-likeness (QED) is 0.811. The predicted molar refractivity (Wildman–Crippen MR) is 75.2 cm³/mol. The zero-order valence-corrected chi connectivity index (χ0v) is 11.2. The van der Waals surface area contributed by atoms with E-state index in [0.29, 0.717) is 5.92 Å². The zero-order valence-electron chi connectivity index (χ0n) is 11.2. The highest BCUT2D eigenvalue weighted by molar-refractivity contribution is 5.82. The lowest BCUT2D eigenvalue weighted by Gasteiger charge is -2.21. The Labute approximate surface area is 107 Å². The summed E-state index contributed by atoms with van der Waals surface area (Å²) in [5, 5.41) is 0.812. The van der Waals surface area contributed by atoms with Crippen molar-refractivity contribution < 1.29 is 0 Å². The van der Waals surface area contributed by atoms with E-state index in [4.69, 9.17) is 0 Å². The van der Waals surface area contributed by atoms with Crippen molar-refractivity contribution in [2.75, 3.05) is 0 Å². The van der Waals surface area contributed by atoms with Crippen molar-refractivity contribution >= 4 is 10.9 Å². The largest absolute Gasteiger partial charge is 0.358 e. The van der Waals surface area contributed by atoms with Crippen molar-refractivity contribution in [2.45, 2.75) is 44.9 Å². The van der Waals surface area contributed by atoms with Crippen molar-refractivity contribution in [3.8, 4) is 0 Å². The number of pyridine rings is 1. The van der Waals surface area contributed by atoms with E-state index in [0.717, 1.165) is 16.6 Å². The van der Waals surface area contributed by atoms with Gasteiger partial charge in [-0.2, -0.15) is 0 Å². The fourth-order valence-electron chi connectivity index (χ4n) is 2.53. The molecule has 1 heterocycles. The number of H-pyrrole nitrogens is 1. The molecule has 0 aliphatic heterocycles. The van der Waals surface area contributed by atoms with Crippen LogP contribution in [0.25, 0.3) is 10.9 Å². The van der Waals surface area contributed by atoms with Crippen LogP contribution in [0.15, 0.2) is 29.1 Å². The molecule has 1 aliphatic rings. The Balaban J connectivity index is 2.34. The molecule has 2 nitrogen and oxygen atoms in total. The Morgan fingerprint density at radius 3 is 2.56 bits per heavy atom. The van der Waals surface area contributed by atoms with E-state index in [1.807, 2.05) is 12.1 Å². The number of para-hydroxylation sites is 1. The normalized spacial score (nSPS) is 16.2. The molecule has 2 aromatic rings. The van der Waals surface area contributed by atoms with Crippen LogP contribution in [0.1, 0.15) is 50.8 Å². The summed E-state index contributed by atoms with van der Waals surface area (Å²) in [6.45, 7) is 6.55. The minimum absolute atomic E-state index is 0.0463. The molecular formula is C16H19NO. The predicted octanol–water partition coefficient (Wildman–Crippen LogP) is 3.70. The summed E-state index contributed by atoms with van der Waals surface area (Å²) in [6, 6.07) is 7.80. The van der Waals surface area contributed by atoms with Crippen LogP contribution in [0.4, 0.5) is 0 Å². The second-order valence-corrected chi connectivity index (χ2v) is 6.34. The summed E-state index contributed by atoms with van der Waals surface area (Å²) in [6.07, 6.45) is 2.41. The van der Waals surface area contributed by atoms with Crippen molar-refractivity contribution in [2.24, 2.45) is 0 Å². The molecular weight excluding hydrogens is 222 g/mol. The number of fused-ring (bicyclic) bond motifs is 1. The lowest BCUT2D eigenvalue weighted by molar-refractivity contribution is 0.594. The number of hydrogen-bond acceptors (Lipinski definition) is 1. The molecule has 0 amide bonds. The first-order valence-corrected chi connectivity index (χ1v) is 6.63. The topological polar surface area (TPSA) is 32.9 Å². The first-order chi connectivity index (χ1) is 8.47. The number of aromatic nitrogens is 1. The van der Waals surface area contributed by atoms with E-state index in [2.05, 4.69) is 31.8 Å². The zero-order chi connectivity index (χ0) is 12.9. The van der Waals surface area contributed by atoms with E-state index in [-0.39, 0.29) is 10.8 Å². The first kappa shape index (κ1) is 11.5. The van der Waals surface area contributed by atoms with Crippen molar-refractivity contribution in [1.29, 1.82) is 0 Å². The molecule has 1 saturated carbocycles. The molecule has 1 aromatic heterocycles. The number of rotatable bonds is 1. The lowest BCUT2D eigenvalue weighted by atomic mass is 9.85. The standard InChI is InChI=1S/C16H19NO/c1-16(2,3)12-6-4-5-11-14(18)9-13(10-7-8-10)17-15(11)12/h4-6,9-10H,7-8H2,1-3H3,(H,17,18). The van der Waals surface area contributed by atoms with Gasteiger partial charge in [0.15, 0.2) is 5.43 Å². The second kappa shape index (κ2) is 3.71. The molecule has 0 radical (unpaired) electrons. The van der Waals surface area contributed by atoms with Gasteiger partial charge in [0, 0.05) is 17.1 Å². The van der Waals surface area contributed by atoms with Crippen molar-refractivity contribution in [3.63, 3.8) is 0 Å². The van der Waals surface area contributed by atoms with Crippen LogP contribution in [0.2, 0.25) is 0 Å². The van der Waals surface area contributed by atoms with Gasteiger partial charge in [0.2, 0.25) is 0 Å². The van der Waals surface area contributed by atoms with Crippen LogP contribution < -0.4 is 5.43 Å². The van der Waals surface area contributed by atoms with Crippen molar-refractivity contribution in [1.82, 2.24) is 4.98 Å². The highest BCUT2D eigenvalue weighted by Crippen LogP contribution is 2.39. The summed E-state index contributed by atoms with van der Waals surface area (Å²) in [5.41, 5.74) is 3.56. The molecule has 3 rings (SSSR count). The fourth-order valence-corrected chi connectivity index (χ4v) is 2.53. The van der Waals surface area contributed by atoms with Gasteiger partial charge < -0.3 is 4.98 Å². The molecule has 1 N–H and O–H groups in total. The first-order valence-electron chi connectivity index (χ1n) is 6.63. The van der Waals surface area contributed by atoms with E-state index >= 15 is 0 Å². The van der Waals surface area contributed by atoms with Gasteiger partial charge in [-0.05, 0) is 35.8 Å². The summed E-state index contributed by atoms with van der Waals surface area (Å²) in [4.78, 5) is 15.7. The third kappa shape index (κ3) is 1.86. The molecule has 1 aromatic carbocycles. The lowest BCUT2D eigenvalue weighted by Crippen LogP contribution is -2.15. The van der Waals surface area contributed by atoms with Gasteiger partial charge in [-0.1, -0.05) is 32.9 Å². The van der Waals surface area contributed by atoms with Crippen LogP contribution in [0.5, 0.6) is 0 Å². The van der Waals surface area contributed by atoms with Gasteiger partial charge >= 0.3 is 0 Å². The number of benzene rings is 1. The molecule has 1 fully saturated rings. The molecule has 0 unspecified atom stereocenters. The third-order valence-corrected chi connectivity index (χ3v) is 3.71. The molecule has 0 bridgehead atoms. The van der Waals surface area contributed by atoms with Crippen LogP contribution in [-0.4, -0.2) is 4.98 Å². The van der Waals surface area contributed by atoms with E-state index in [1.165, 1.54) is 18.4 Å². The smallest absolute Gasteiger partial charge is 0.189 e. The molecule has 2 heteroatoms. The maximum absolute atomic E-state index is 12.2. The molecule has 0 saturated heterocycles. The van der Waals surface area contributed by atoms with Crippen molar-refractivity contribution in [3.05, 3.63) is 45.7 Å². The summed E-state index contributed by atoms with van der Waals surface area (Å²) < 4.78 is 0. The SMILES string of the molecule is CC(C)(C)c1cccc2c(=O)cc(C3CC3)[nH]c12. The van der Waals surface area contributed by atoms with Gasteiger partial charge in [0.25, 0.3) is 0 Å². The average molecular weight is 241 g/mol. The van der Waals surface area contributed by atoms with E-state index in [1.54, 1.807) is 6.07 Å². The number of hydrogen-bond donors (Lipinski definition) is 1. The molecule has 1 aliphatic carbocycles. The maximum atomic E-state index is 12.2. The van der Waals surface area contributed by atoms with Gasteiger partial charge in [0.1, 0.15) is 0 Å². The highest BCUT2D eigenvalue weighted by atomic mass is 16.1. The van der Waals surface area contributed by atoms with Crippen LogP contribution in [0, 0.1) is 0 Å². The van der Waals surface area contributed by atoms with Gasteiger partial charge in [0.05, 0.1) is 5.52 Å². The number of nitrogens with one attached hydrogen (secondary N) is 1. The van der Waals surface area contributed by atoms with Gasteiger partial charge in [-0.3, -0.25) is 4.79 Å². The van der Waals surface area contributed by atoms with Crippen LogP contribution in [0.3, 0.4) is 0 Å². The van der Waals surface area contributed by atoms with Gasteiger partial charge in [-0.25, -0.2) is 0 Å². The summed E-state index contributed by atoms with van der Waals surface area (Å²) >= 11 is 0. The van der Waals surface area contributed by atoms with Crippen LogP contribution >= 0.6 is 0 Å². The summed E-state index contributed by atoms with van der Waals surface area (Å²) in [5.74, 6) is 0.579.